The molecule has 6 heteroatoms. The van der Waals surface area contributed by atoms with Gasteiger partial charge in [0, 0.05) is 12.1 Å². The summed E-state index contributed by atoms with van der Waals surface area (Å²) in [6, 6.07) is 11.7. The van der Waals surface area contributed by atoms with Gasteiger partial charge in [-0.1, -0.05) is 36.8 Å². The molecule has 3 rings (SSSR count). The lowest BCUT2D eigenvalue weighted by Gasteiger charge is -2.26. The minimum Gasteiger partial charge on any atom is -0.352 e. The molecule has 3 nitrogen and oxygen atoms in total. The molecule has 0 unspecified atom stereocenters. The molecule has 0 atom stereocenters. The van der Waals surface area contributed by atoms with E-state index >= 15 is 0 Å². The van der Waals surface area contributed by atoms with Crippen LogP contribution in [-0.4, -0.2) is 37.0 Å². The van der Waals surface area contributed by atoms with Crippen LogP contribution in [0.5, 0.6) is 0 Å². The van der Waals surface area contributed by atoms with E-state index in [-0.39, 0.29) is 11.5 Å². The molecular formula is C23H27F3N2O. The Balaban J connectivity index is 1.50. The lowest BCUT2D eigenvalue weighted by molar-refractivity contribution is -0.137. The second kappa shape index (κ2) is 9.92. The Hall–Kier alpha value is -2.34. The van der Waals surface area contributed by atoms with Crippen LogP contribution in [0.3, 0.4) is 0 Å². The molecule has 0 spiro atoms. The van der Waals surface area contributed by atoms with E-state index < -0.39 is 11.7 Å². The van der Waals surface area contributed by atoms with Crippen LogP contribution in [0, 0.1) is 0 Å². The average molecular weight is 404 g/mol. The summed E-state index contributed by atoms with van der Waals surface area (Å²) >= 11 is 0. The highest BCUT2D eigenvalue weighted by molar-refractivity contribution is 5.94. The Morgan fingerprint density at radius 3 is 2.31 bits per heavy atom. The highest BCUT2D eigenvalue weighted by Crippen LogP contribution is 2.36. The van der Waals surface area contributed by atoms with Gasteiger partial charge in [0.25, 0.3) is 5.91 Å². The van der Waals surface area contributed by atoms with Gasteiger partial charge in [0.2, 0.25) is 0 Å². The summed E-state index contributed by atoms with van der Waals surface area (Å²) in [5, 5.41) is 2.89. The fourth-order valence-electron chi connectivity index (χ4n) is 3.73. The van der Waals surface area contributed by atoms with Crippen molar-refractivity contribution in [3.63, 3.8) is 0 Å². The number of piperidine rings is 1. The van der Waals surface area contributed by atoms with Crippen LogP contribution < -0.4 is 5.32 Å². The lowest BCUT2D eigenvalue weighted by atomic mass is 9.98. The van der Waals surface area contributed by atoms with Crippen LogP contribution in [0.1, 0.15) is 48.0 Å². The van der Waals surface area contributed by atoms with E-state index in [1.54, 1.807) is 30.3 Å². The van der Waals surface area contributed by atoms with E-state index in [0.717, 1.165) is 25.5 Å². The van der Waals surface area contributed by atoms with E-state index in [0.29, 0.717) is 17.7 Å². The van der Waals surface area contributed by atoms with Crippen LogP contribution in [0.25, 0.3) is 11.1 Å². The van der Waals surface area contributed by atoms with Gasteiger partial charge >= 0.3 is 6.18 Å². The first-order valence-electron chi connectivity index (χ1n) is 10.2. The molecule has 29 heavy (non-hydrogen) atoms. The summed E-state index contributed by atoms with van der Waals surface area (Å²) in [4.78, 5) is 14.8. The van der Waals surface area contributed by atoms with E-state index in [1.165, 1.54) is 44.5 Å². The van der Waals surface area contributed by atoms with Crippen LogP contribution in [0.2, 0.25) is 0 Å². The predicted octanol–water partition coefficient (Wildman–Crippen LogP) is 5.37. The minimum atomic E-state index is -4.42. The Morgan fingerprint density at radius 1 is 0.931 bits per heavy atom. The second-order valence-electron chi connectivity index (χ2n) is 7.49. The summed E-state index contributed by atoms with van der Waals surface area (Å²) < 4.78 is 39.6. The molecule has 0 saturated carbocycles. The van der Waals surface area contributed by atoms with E-state index in [9.17, 15) is 18.0 Å². The van der Waals surface area contributed by atoms with Gasteiger partial charge in [-0.2, -0.15) is 13.2 Å². The predicted molar refractivity (Wildman–Crippen MR) is 109 cm³/mol. The normalized spacial score (nSPS) is 15.3. The van der Waals surface area contributed by atoms with Crippen molar-refractivity contribution >= 4 is 5.91 Å². The lowest BCUT2D eigenvalue weighted by Crippen LogP contribution is -2.31. The maximum atomic E-state index is 13.2. The highest BCUT2D eigenvalue weighted by Gasteiger charge is 2.33. The van der Waals surface area contributed by atoms with Gasteiger partial charge in [-0.05, 0) is 74.6 Å². The number of hydrogen-bond donors (Lipinski definition) is 1. The van der Waals surface area contributed by atoms with Gasteiger partial charge in [-0.15, -0.1) is 0 Å². The quantitative estimate of drug-likeness (QED) is 0.630. The summed E-state index contributed by atoms with van der Waals surface area (Å²) in [7, 11) is 0. The van der Waals surface area contributed by atoms with Crippen LogP contribution in [0.4, 0.5) is 13.2 Å². The van der Waals surface area contributed by atoms with Crippen LogP contribution in [-0.2, 0) is 6.18 Å². The number of likely N-dealkylation sites (tertiary alicyclic amines) is 1. The number of alkyl halides is 3. The number of hydrogen-bond acceptors (Lipinski definition) is 2. The maximum Gasteiger partial charge on any atom is 0.417 e. The van der Waals surface area contributed by atoms with Crippen molar-refractivity contribution < 1.29 is 18.0 Å². The number of carbonyl (C=O) groups is 1. The van der Waals surface area contributed by atoms with Crippen molar-refractivity contribution in [2.75, 3.05) is 26.2 Å². The summed E-state index contributed by atoms with van der Waals surface area (Å²) in [5.41, 5.74) is 0.334. The minimum absolute atomic E-state index is 0.115. The fourth-order valence-corrected chi connectivity index (χ4v) is 3.73. The molecule has 1 N–H and O–H groups in total. The number of halogens is 3. The van der Waals surface area contributed by atoms with Crippen LogP contribution in [0.15, 0.2) is 48.5 Å². The Labute approximate surface area is 169 Å². The van der Waals surface area contributed by atoms with Gasteiger partial charge in [0.05, 0.1) is 5.56 Å². The first-order valence-corrected chi connectivity index (χ1v) is 10.2. The number of amides is 1. The van der Waals surface area contributed by atoms with Crippen molar-refractivity contribution in [1.82, 2.24) is 10.2 Å². The van der Waals surface area contributed by atoms with Crippen LogP contribution >= 0.6 is 0 Å². The largest absolute Gasteiger partial charge is 0.417 e. The molecule has 1 saturated heterocycles. The number of rotatable bonds is 7. The molecule has 2 aromatic rings. The molecule has 0 bridgehead atoms. The molecule has 0 aliphatic carbocycles. The maximum absolute atomic E-state index is 13.2. The fraction of sp³-hybridized carbons (Fsp3) is 0.435. The number of carbonyl (C=O) groups excluding carboxylic acids is 1. The van der Waals surface area contributed by atoms with Gasteiger partial charge in [-0.25, -0.2) is 0 Å². The number of benzene rings is 2. The third-order valence-corrected chi connectivity index (χ3v) is 5.33. The zero-order chi connectivity index (χ0) is 20.7. The molecule has 0 aromatic heterocycles. The van der Waals surface area contributed by atoms with Crippen molar-refractivity contribution in [2.24, 2.45) is 0 Å². The molecule has 1 fully saturated rings. The standard InChI is InChI=1S/C23H27F3N2O/c24-23(25,26)21-9-3-2-8-20(21)18-10-12-19(13-11-18)22(29)27-14-4-7-17-28-15-5-1-6-16-28/h2-3,8-13H,1,4-7,14-17H2,(H,27,29). The third-order valence-electron chi connectivity index (χ3n) is 5.33. The molecular weight excluding hydrogens is 377 g/mol. The first kappa shape index (κ1) is 21.4. The molecule has 1 aliphatic heterocycles. The monoisotopic (exact) mass is 404 g/mol. The Bertz CT molecular complexity index is 797. The molecule has 1 amide bonds. The molecule has 1 aliphatic rings. The highest BCUT2D eigenvalue weighted by atomic mass is 19.4. The Kier molecular flexibility index (Phi) is 7.31. The van der Waals surface area contributed by atoms with Crippen molar-refractivity contribution in [3.05, 3.63) is 59.7 Å². The summed E-state index contributed by atoms with van der Waals surface area (Å²) in [5.74, 6) is -0.196. The number of nitrogens with zero attached hydrogens (tertiary/aromatic N) is 1. The molecule has 156 valence electrons. The molecule has 0 radical (unpaired) electrons. The number of unbranched alkanes of at least 4 members (excludes halogenated alkanes) is 1. The number of nitrogens with one attached hydrogen (secondary N) is 1. The zero-order valence-electron chi connectivity index (χ0n) is 16.5. The van der Waals surface area contributed by atoms with Crippen molar-refractivity contribution in [3.8, 4) is 11.1 Å². The molecule has 1 heterocycles. The summed E-state index contributed by atoms with van der Waals surface area (Å²) in [6.07, 6.45) is 1.43. The topological polar surface area (TPSA) is 32.3 Å². The van der Waals surface area contributed by atoms with Crippen molar-refractivity contribution in [1.29, 1.82) is 0 Å². The molecule has 2 aromatic carbocycles. The van der Waals surface area contributed by atoms with Gasteiger partial charge in [0.1, 0.15) is 0 Å². The smallest absolute Gasteiger partial charge is 0.352 e. The zero-order valence-corrected chi connectivity index (χ0v) is 16.5. The van der Waals surface area contributed by atoms with Gasteiger partial charge in [0.15, 0.2) is 0 Å². The van der Waals surface area contributed by atoms with E-state index in [1.807, 2.05) is 0 Å². The second-order valence-corrected chi connectivity index (χ2v) is 7.49. The summed E-state index contributed by atoms with van der Waals surface area (Å²) in [6.45, 7) is 4.03. The van der Waals surface area contributed by atoms with E-state index in [4.69, 9.17) is 0 Å². The SMILES string of the molecule is O=C(NCCCCN1CCCCC1)c1ccc(-c2ccccc2C(F)(F)F)cc1. The Morgan fingerprint density at radius 2 is 1.62 bits per heavy atom. The third kappa shape index (κ3) is 6.07. The van der Waals surface area contributed by atoms with Crippen molar-refractivity contribution in [2.45, 2.75) is 38.3 Å². The first-order chi connectivity index (χ1) is 13.9. The van der Waals surface area contributed by atoms with E-state index in [2.05, 4.69) is 10.2 Å². The van der Waals surface area contributed by atoms with Gasteiger partial charge < -0.3 is 10.2 Å². The average Bonchev–Trinajstić information content (AvgIpc) is 2.73. The van der Waals surface area contributed by atoms with Gasteiger partial charge in [-0.3, -0.25) is 4.79 Å².